The molecule has 0 aliphatic heterocycles. The lowest BCUT2D eigenvalue weighted by Crippen LogP contribution is -2.33. The molecule has 102 valence electrons. The van der Waals surface area contributed by atoms with Crippen LogP contribution in [0.1, 0.15) is 35.5 Å². The van der Waals surface area contributed by atoms with E-state index in [1.54, 1.807) is 0 Å². The molecule has 0 saturated carbocycles. The van der Waals surface area contributed by atoms with Crippen LogP contribution < -0.4 is 10.6 Å². The van der Waals surface area contributed by atoms with Crippen molar-refractivity contribution < 1.29 is 9.53 Å². The highest BCUT2D eigenvalue weighted by Crippen LogP contribution is 2.28. The predicted molar refractivity (Wildman–Crippen MR) is 76.6 cm³/mol. The van der Waals surface area contributed by atoms with Crippen molar-refractivity contribution in [2.45, 2.75) is 33.2 Å². The summed E-state index contributed by atoms with van der Waals surface area (Å²) in [6.45, 7) is 8.07. The second-order valence-corrected chi connectivity index (χ2v) is 5.23. The normalized spacial score (nSPS) is 12.2. The third-order valence-electron chi connectivity index (χ3n) is 2.67. The maximum atomic E-state index is 11.6. The van der Waals surface area contributed by atoms with Crippen molar-refractivity contribution in [3.05, 3.63) is 15.8 Å². The van der Waals surface area contributed by atoms with Gasteiger partial charge in [-0.1, -0.05) is 6.92 Å². The highest BCUT2D eigenvalue weighted by atomic mass is 32.1. The molecule has 0 aliphatic carbocycles. The number of nitrogens with one attached hydrogen (secondary N) is 2. The molecule has 0 radical (unpaired) electrons. The zero-order chi connectivity index (χ0) is 13.5. The van der Waals surface area contributed by atoms with Crippen molar-refractivity contribution in [3.8, 4) is 0 Å². The molecule has 2 N–H and O–H groups in total. The summed E-state index contributed by atoms with van der Waals surface area (Å²) in [6.07, 6.45) is 1.12. The van der Waals surface area contributed by atoms with E-state index in [0.717, 1.165) is 30.8 Å². The second kappa shape index (κ2) is 7.38. The Labute approximate surface area is 113 Å². The van der Waals surface area contributed by atoms with Crippen molar-refractivity contribution in [1.82, 2.24) is 5.32 Å². The zero-order valence-electron chi connectivity index (χ0n) is 11.5. The SMILES string of the molecule is CCCNC(C)CNc1c(C)csc1C(=O)OC. The monoisotopic (exact) mass is 270 g/mol. The highest BCUT2D eigenvalue weighted by Gasteiger charge is 2.16. The van der Waals surface area contributed by atoms with Gasteiger partial charge < -0.3 is 15.4 Å². The van der Waals surface area contributed by atoms with Gasteiger partial charge in [-0.2, -0.15) is 0 Å². The van der Waals surface area contributed by atoms with E-state index < -0.39 is 0 Å². The van der Waals surface area contributed by atoms with Crippen LogP contribution in [0.4, 0.5) is 5.69 Å². The van der Waals surface area contributed by atoms with Gasteiger partial charge in [0, 0.05) is 12.6 Å². The van der Waals surface area contributed by atoms with Gasteiger partial charge in [-0.25, -0.2) is 4.79 Å². The van der Waals surface area contributed by atoms with Gasteiger partial charge in [0.15, 0.2) is 0 Å². The minimum atomic E-state index is -0.273. The van der Waals surface area contributed by atoms with Gasteiger partial charge in [-0.05, 0) is 37.8 Å². The summed E-state index contributed by atoms with van der Waals surface area (Å²) in [6, 6.07) is 0.370. The van der Waals surface area contributed by atoms with Gasteiger partial charge in [0.1, 0.15) is 4.88 Å². The summed E-state index contributed by atoms with van der Waals surface area (Å²) < 4.78 is 4.78. The van der Waals surface area contributed by atoms with Crippen molar-refractivity contribution in [1.29, 1.82) is 0 Å². The van der Waals surface area contributed by atoms with E-state index in [2.05, 4.69) is 24.5 Å². The molecule has 0 bridgehead atoms. The predicted octanol–water partition coefficient (Wildman–Crippen LogP) is 2.64. The fraction of sp³-hybridized carbons (Fsp3) is 0.615. The number of ether oxygens (including phenoxy) is 1. The van der Waals surface area contributed by atoms with Gasteiger partial charge >= 0.3 is 5.97 Å². The van der Waals surface area contributed by atoms with Crippen molar-refractivity contribution in [2.75, 3.05) is 25.5 Å². The summed E-state index contributed by atoms with van der Waals surface area (Å²) in [5.74, 6) is -0.273. The Kier molecular flexibility index (Phi) is 6.15. The number of hydrogen-bond acceptors (Lipinski definition) is 5. The van der Waals surface area contributed by atoms with Crippen LogP contribution in [0.2, 0.25) is 0 Å². The first-order valence-corrected chi connectivity index (χ1v) is 7.11. The van der Waals surface area contributed by atoms with Crippen LogP contribution in [0.15, 0.2) is 5.38 Å². The molecule has 5 heteroatoms. The molecule has 0 amide bonds. The van der Waals surface area contributed by atoms with Crippen LogP contribution in [0.25, 0.3) is 0 Å². The molecule has 1 atom stereocenters. The average Bonchev–Trinajstić information content (AvgIpc) is 2.74. The number of aryl methyl sites for hydroxylation is 1. The molecule has 1 unspecified atom stereocenters. The van der Waals surface area contributed by atoms with Crippen LogP contribution in [0, 0.1) is 6.92 Å². The highest BCUT2D eigenvalue weighted by molar-refractivity contribution is 7.12. The Hall–Kier alpha value is -1.07. The molecule has 0 fully saturated rings. The number of methoxy groups -OCH3 is 1. The van der Waals surface area contributed by atoms with Crippen molar-refractivity contribution in [3.63, 3.8) is 0 Å². The summed E-state index contributed by atoms with van der Waals surface area (Å²) in [5, 5.41) is 8.71. The molecule has 0 saturated heterocycles. The van der Waals surface area contributed by atoms with Crippen molar-refractivity contribution >= 4 is 23.0 Å². The third-order valence-corrected chi connectivity index (χ3v) is 3.75. The molecule has 18 heavy (non-hydrogen) atoms. The van der Waals surface area contributed by atoms with E-state index >= 15 is 0 Å². The second-order valence-electron chi connectivity index (χ2n) is 4.35. The number of thiophene rings is 1. The first kappa shape index (κ1) is 15.0. The molecule has 4 nitrogen and oxygen atoms in total. The van der Waals surface area contributed by atoms with Gasteiger partial charge in [0.2, 0.25) is 0 Å². The lowest BCUT2D eigenvalue weighted by atomic mass is 10.2. The van der Waals surface area contributed by atoms with Crippen LogP contribution in [0.3, 0.4) is 0 Å². The molecule has 0 aliphatic rings. The van der Waals surface area contributed by atoms with Gasteiger partial charge in [0.25, 0.3) is 0 Å². The Morgan fingerprint density at radius 3 is 2.89 bits per heavy atom. The maximum Gasteiger partial charge on any atom is 0.350 e. The Morgan fingerprint density at radius 1 is 1.56 bits per heavy atom. The molecular formula is C13H22N2O2S. The first-order valence-electron chi connectivity index (χ1n) is 6.23. The summed E-state index contributed by atoms with van der Waals surface area (Å²) in [4.78, 5) is 12.2. The molecule has 1 aromatic rings. The Bertz CT molecular complexity index is 390. The van der Waals surface area contributed by atoms with Crippen LogP contribution in [0.5, 0.6) is 0 Å². The smallest absolute Gasteiger partial charge is 0.350 e. The van der Waals surface area contributed by atoms with E-state index in [0.29, 0.717) is 10.9 Å². The maximum absolute atomic E-state index is 11.6. The van der Waals surface area contributed by atoms with Crippen LogP contribution in [-0.4, -0.2) is 32.2 Å². The van der Waals surface area contributed by atoms with Gasteiger partial charge in [-0.3, -0.25) is 0 Å². The lowest BCUT2D eigenvalue weighted by Gasteiger charge is -2.15. The van der Waals surface area contributed by atoms with E-state index in [1.165, 1.54) is 18.4 Å². The number of rotatable bonds is 7. The number of carbonyl (C=O) groups is 1. The molecule has 1 aromatic heterocycles. The molecule has 0 spiro atoms. The largest absolute Gasteiger partial charge is 0.465 e. The molecule has 1 heterocycles. The molecular weight excluding hydrogens is 248 g/mol. The molecule has 1 rings (SSSR count). The van der Waals surface area contributed by atoms with Crippen LogP contribution in [-0.2, 0) is 4.74 Å². The van der Waals surface area contributed by atoms with E-state index in [9.17, 15) is 4.79 Å². The van der Waals surface area contributed by atoms with Crippen LogP contribution >= 0.6 is 11.3 Å². The lowest BCUT2D eigenvalue weighted by molar-refractivity contribution is 0.0607. The zero-order valence-corrected chi connectivity index (χ0v) is 12.3. The summed E-state index contributed by atoms with van der Waals surface area (Å²) in [7, 11) is 1.41. The standard InChI is InChI=1S/C13H22N2O2S/c1-5-6-14-10(3)7-15-11-9(2)8-18-12(11)13(16)17-4/h8,10,14-15H,5-7H2,1-4H3. The van der Waals surface area contributed by atoms with E-state index in [1.807, 2.05) is 12.3 Å². The number of hydrogen-bond donors (Lipinski definition) is 2. The Balaban J connectivity index is 2.61. The first-order chi connectivity index (χ1) is 8.60. The van der Waals surface area contributed by atoms with E-state index in [-0.39, 0.29) is 5.97 Å². The number of esters is 1. The fourth-order valence-corrected chi connectivity index (χ4v) is 2.57. The third kappa shape index (κ3) is 3.99. The Morgan fingerprint density at radius 2 is 2.28 bits per heavy atom. The van der Waals surface area contributed by atoms with Gasteiger partial charge in [-0.15, -0.1) is 11.3 Å². The summed E-state index contributed by atoms with van der Waals surface area (Å²) in [5.41, 5.74) is 1.99. The average molecular weight is 270 g/mol. The molecule has 0 aromatic carbocycles. The quantitative estimate of drug-likeness (QED) is 0.748. The van der Waals surface area contributed by atoms with Gasteiger partial charge in [0.05, 0.1) is 12.8 Å². The minimum absolute atomic E-state index is 0.273. The number of anilines is 1. The minimum Gasteiger partial charge on any atom is -0.465 e. The fourth-order valence-electron chi connectivity index (χ4n) is 1.62. The summed E-state index contributed by atoms with van der Waals surface area (Å²) >= 11 is 1.42. The topological polar surface area (TPSA) is 50.4 Å². The van der Waals surface area contributed by atoms with E-state index in [4.69, 9.17) is 4.74 Å². The number of carbonyl (C=O) groups excluding carboxylic acids is 1. The van der Waals surface area contributed by atoms with Crippen molar-refractivity contribution in [2.24, 2.45) is 0 Å².